The standard InChI is InChI=1S/C16H24N2/c1-11(2)18-13(4)10-15-14(9-12(3)17-5)7-6-8-16(15)18/h6-8,10-12,17H,9H2,1-5H3. The lowest BCUT2D eigenvalue weighted by Crippen LogP contribution is -2.23. The van der Waals surface area contributed by atoms with Crippen LogP contribution in [0.15, 0.2) is 24.3 Å². The van der Waals surface area contributed by atoms with Gasteiger partial charge in [-0.2, -0.15) is 0 Å². The van der Waals surface area contributed by atoms with Crippen molar-refractivity contribution in [2.24, 2.45) is 0 Å². The third-order valence-electron chi connectivity index (χ3n) is 3.70. The van der Waals surface area contributed by atoms with E-state index in [9.17, 15) is 0 Å². The number of rotatable bonds is 4. The molecule has 2 heteroatoms. The van der Waals surface area contributed by atoms with E-state index in [1.807, 2.05) is 7.05 Å². The summed E-state index contributed by atoms with van der Waals surface area (Å²) >= 11 is 0. The van der Waals surface area contributed by atoms with Crippen LogP contribution in [0.4, 0.5) is 0 Å². The summed E-state index contributed by atoms with van der Waals surface area (Å²) in [5.74, 6) is 0. The normalized spacial score (nSPS) is 13.4. The minimum atomic E-state index is 0.512. The molecule has 0 fully saturated rings. The summed E-state index contributed by atoms with van der Waals surface area (Å²) in [7, 11) is 2.02. The quantitative estimate of drug-likeness (QED) is 0.868. The average molecular weight is 244 g/mol. The van der Waals surface area contributed by atoms with Crippen LogP contribution in [0.2, 0.25) is 0 Å². The molecule has 0 saturated carbocycles. The summed E-state index contributed by atoms with van der Waals surface area (Å²) in [6.07, 6.45) is 1.08. The highest BCUT2D eigenvalue weighted by Gasteiger charge is 2.12. The molecule has 0 aliphatic rings. The van der Waals surface area contributed by atoms with Crippen molar-refractivity contribution in [1.29, 1.82) is 0 Å². The van der Waals surface area contributed by atoms with Gasteiger partial charge in [0.2, 0.25) is 0 Å². The molecule has 2 rings (SSSR count). The van der Waals surface area contributed by atoms with E-state index in [0.29, 0.717) is 12.1 Å². The van der Waals surface area contributed by atoms with Crippen molar-refractivity contribution in [2.75, 3.05) is 7.05 Å². The van der Waals surface area contributed by atoms with E-state index in [4.69, 9.17) is 0 Å². The van der Waals surface area contributed by atoms with Gasteiger partial charge in [0, 0.05) is 28.7 Å². The van der Waals surface area contributed by atoms with Crippen LogP contribution in [0, 0.1) is 6.92 Å². The number of benzene rings is 1. The molecule has 0 aliphatic carbocycles. The van der Waals surface area contributed by atoms with Crippen molar-refractivity contribution < 1.29 is 0 Å². The fraction of sp³-hybridized carbons (Fsp3) is 0.500. The molecule has 1 aromatic carbocycles. The zero-order valence-electron chi connectivity index (χ0n) is 12.1. The van der Waals surface area contributed by atoms with Gasteiger partial charge in [-0.25, -0.2) is 0 Å². The van der Waals surface area contributed by atoms with Gasteiger partial charge in [0.1, 0.15) is 0 Å². The monoisotopic (exact) mass is 244 g/mol. The molecule has 98 valence electrons. The van der Waals surface area contributed by atoms with E-state index >= 15 is 0 Å². The number of nitrogens with zero attached hydrogens (tertiary/aromatic N) is 1. The number of aryl methyl sites for hydroxylation is 1. The molecule has 2 nitrogen and oxygen atoms in total. The van der Waals surface area contributed by atoms with Gasteiger partial charge in [-0.05, 0) is 58.9 Å². The van der Waals surface area contributed by atoms with E-state index in [0.717, 1.165) is 6.42 Å². The first-order chi connectivity index (χ1) is 8.54. The lowest BCUT2D eigenvalue weighted by atomic mass is 10.0. The van der Waals surface area contributed by atoms with Crippen LogP contribution in [0.1, 0.15) is 38.1 Å². The van der Waals surface area contributed by atoms with Gasteiger partial charge < -0.3 is 9.88 Å². The first-order valence-electron chi connectivity index (χ1n) is 6.81. The van der Waals surface area contributed by atoms with Crippen molar-refractivity contribution >= 4 is 10.9 Å². The molecule has 1 N–H and O–H groups in total. The number of aromatic nitrogens is 1. The van der Waals surface area contributed by atoms with Crippen molar-refractivity contribution in [3.8, 4) is 0 Å². The predicted octanol–water partition coefficient (Wildman–Crippen LogP) is 3.68. The molecule has 0 amide bonds. The Labute approximate surface area is 110 Å². The highest BCUT2D eigenvalue weighted by Crippen LogP contribution is 2.27. The van der Waals surface area contributed by atoms with Gasteiger partial charge in [-0.3, -0.25) is 0 Å². The highest BCUT2D eigenvalue weighted by molar-refractivity contribution is 5.85. The van der Waals surface area contributed by atoms with Gasteiger partial charge in [-0.15, -0.1) is 0 Å². The molecule has 0 radical (unpaired) electrons. The van der Waals surface area contributed by atoms with Crippen LogP contribution < -0.4 is 5.32 Å². The molecule has 0 spiro atoms. The Balaban J connectivity index is 2.54. The Kier molecular flexibility index (Phi) is 3.76. The smallest absolute Gasteiger partial charge is 0.0487 e. The van der Waals surface area contributed by atoms with Gasteiger partial charge in [0.15, 0.2) is 0 Å². The summed E-state index contributed by atoms with van der Waals surface area (Å²) < 4.78 is 2.42. The second-order valence-electron chi connectivity index (χ2n) is 5.49. The van der Waals surface area contributed by atoms with Crippen LogP contribution in [0.3, 0.4) is 0 Å². The largest absolute Gasteiger partial charge is 0.342 e. The van der Waals surface area contributed by atoms with Crippen LogP contribution >= 0.6 is 0 Å². The number of fused-ring (bicyclic) bond motifs is 1. The van der Waals surface area contributed by atoms with E-state index in [1.54, 1.807) is 0 Å². The van der Waals surface area contributed by atoms with Gasteiger partial charge in [-0.1, -0.05) is 12.1 Å². The second kappa shape index (κ2) is 5.15. The van der Waals surface area contributed by atoms with Crippen molar-refractivity contribution in [1.82, 2.24) is 9.88 Å². The van der Waals surface area contributed by atoms with Crippen molar-refractivity contribution in [3.63, 3.8) is 0 Å². The Morgan fingerprint density at radius 2 is 1.94 bits per heavy atom. The number of nitrogens with one attached hydrogen (secondary N) is 1. The zero-order valence-corrected chi connectivity index (χ0v) is 12.1. The third kappa shape index (κ3) is 2.30. The summed E-state index contributed by atoms with van der Waals surface area (Å²) in [6.45, 7) is 8.92. The summed E-state index contributed by atoms with van der Waals surface area (Å²) in [6, 6.07) is 10.0. The molecule has 0 aliphatic heterocycles. The fourth-order valence-electron chi connectivity index (χ4n) is 2.74. The maximum Gasteiger partial charge on any atom is 0.0487 e. The molecule has 1 unspecified atom stereocenters. The van der Waals surface area contributed by atoms with Gasteiger partial charge in [0.25, 0.3) is 0 Å². The van der Waals surface area contributed by atoms with Crippen LogP contribution in [0.5, 0.6) is 0 Å². The highest BCUT2D eigenvalue weighted by atomic mass is 15.0. The van der Waals surface area contributed by atoms with Gasteiger partial charge >= 0.3 is 0 Å². The van der Waals surface area contributed by atoms with E-state index in [2.05, 4.69) is 61.8 Å². The Morgan fingerprint density at radius 1 is 1.22 bits per heavy atom. The van der Waals surface area contributed by atoms with Crippen molar-refractivity contribution in [3.05, 3.63) is 35.5 Å². The molecule has 1 atom stereocenters. The van der Waals surface area contributed by atoms with Gasteiger partial charge in [0.05, 0.1) is 0 Å². The fourth-order valence-corrected chi connectivity index (χ4v) is 2.74. The van der Waals surface area contributed by atoms with E-state index in [1.165, 1.54) is 22.2 Å². The minimum absolute atomic E-state index is 0.512. The summed E-state index contributed by atoms with van der Waals surface area (Å²) in [4.78, 5) is 0. The Morgan fingerprint density at radius 3 is 2.56 bits per heavy atom. The molecule has 1 heterocycles. The lowest BCUT2D eigenvalue weighted by Gasteiger charge is -2.14. The van der Waals surface area contributed by atoms with Crippen LogP contribution in [0.25, 0.3) is 10.9 Å². The number of hydrogen-bond acceptors (Lipinski definition) is 1. The molecular weight excluding hydrogens is 220 g/mol. The number of likely N-dealkylation sites (N-methyl/N-ethyl adjacent to an activating group) is 1. The molecule has 0 saturated heterocycles. The molecule has 2 aromatic rings. The first-order valence-corrected chi connectivity index (χ1v) is 6.81. The first kappa shape index (κ1) is 13.2. The third-order valence-corrected chi connectivity index (χ3v) is 3.70. The molecule has 18 heavy (non-hydrogen) atoms. The zero-order chi connectivity index (χ0) is 13.3. The summed E-state index contributed by atoms with van der Waals surface area (Å²) in [5, 5.41) is 4.72. The maximum atomic E-state index is 3.32. The molecular formula is C16H24N2. The number of hydrogen-bond donors (Lipinski definition) is 1. The molecule has 1 aromatic heterocycles. The average Bonchev–Trinajstić information content (AvgIpc) is 2.66. The Bertz CT molecular complexity index is 537. The topological polar surface area (TPSA) is 17.0 Å². The van der Waals surface area contributed by atoms with Crippen LogP contribution in [-0.2, 0) is 6.42 Å². The lowest BCUT2D eigenvalue weighted by molar-refractivity contribution is 0.606. The Hall–Kier alpha value is -1.28. The van der Waals surface area contributed by atoms with Crippen molar-refractivity contribution in [2.45, 2.75) is 46.2 Å². The minimum Gasteiger partial charge on any atom is -0.342 e. The maximum absolute atomic E-state index is 3.32. The summed E-state index contributed by atoms with van der Waals surface area (Å²) in [5.41, 5.74) is 4.16. The second-order valence-corrected chi connectivity index (χ2v) is 5.49. The van der Waals surface area contributed by atoms with Crippen LogP contribution in [-0.4, -0.2) is 17.7 Å². The predicted molar refractivity (Wildman–Crippen MR) is 79.3 cm³/mol. The van der Waals surface area contributed by atoms with E-state index in [-0.39, 0.29) is 0 Å². The SMILES string of the molecule is CNC(C)Cc1cccc2c1cc(C)n2C(C)C. The molecule has 0 bridgehead atoms. The van der Waals surface area contributed by atoms with E-state index < -0.39 is 0 Å².